The van der Waals surface area contributed by atoms with E-state index in [1.807, 2.05) is 12.1 Å². The Kier molecular flexibility index (Phi) is 3.19. The van der Waals surface area contributed by atoms with Crippen LogP contribution in [0.25, 0.3) is 33.9 Å². The van der Waals surface area contributed by atoms with Gasteiger partial charge in [-0.15, -0.1) is 0 Å². The molecule has 0 spiro atoms. The zero-order valence-corrected chi connectivity index (χ0v) is 12.2. The van der Waals surface area contributed by atoms with Gasteiger partial charge >= 0.3 is 6.18 Å². The van der Waals surface area contributed by atoms with E-state index in [9.17, 15) is 13.2 Å². The van der Waals surface area contributed by atoms with E-state index in [1.165, 1.54) is 12.1 Å². The summed E-state index contributed by atoms with van der Waals surface area (Å²) in [5, 5.41) is 0. The van der Waals surface area contributed by atoms with Gasteiger partial charge in [-0.1, -0.05) is 6.07 Å². The number of hydrogen-bond acceptors (Lipinski definition) is 3. The standard InChI is InChI=1S/C18H10F3NO2/c19-18(20,21)13-4-1-3-12(9-13)17-22-14-7-6-11(10-16(14)24-17)15-5-2-8-23-15/h1-10H. The first-order valence-corrected chi connectivity index (χ1v) is 7.13. The van der Waals surface area contributed by atoms with Crippen molar-refractivity contribution in [2.75, 3.05) is 0 Å². The van der Waals surface area contributed by atoms with Gasteiger partial charge in [0.05, 0.1) is 11.8 Å². The fourth-order valence-electron chi connectivity index (χ4n) is 2.47. The van der Waals surface area contributed by atoms with Crippen LogP contribution in [0.15, 0.2) is 69.7 Å². The number of rotatable bonds is 2. The highest BCUT2D eigenvalue weighted by Gasteiger charge is 2.30. The molecule has 0 fully saturated rings. The molecule has 24 heavy (non-hydrogen) atoms. The molecule has 0 unspecified atom stereocenters. The third-order valence-electron chi connectivity index (χ3n) is 3.63. The Balaban J connectivity index is 1.78. The van der Waals surface area contributed by atoms with Crippen LogP contribution in [0, 0.1) is 0 Å². The lowest BCUT2D eigenvalue weighted by atomic mass is 10.1. The van der Waals surface area contributed by atoms with E-state index in [1.54, 1.807) is 24.5 Å². The predicted molar refractivity (Wildman–Crippen MR) is 82.1 cm³/mol. The second kappa shape index (κ2) is 5.26. The highest BCUT2D eigenvalue weighted by Crippen LogP contribution is 2.33. The molecule has 3 nitrogen and oxygen atoms in total. The molecule has 0 saturated carbocycles. The number of hydrogen-bond donors (Lipinski definition) is 0. The maximum Gasteiger partial charge on any atom is 0.416 e. The van der Waals surface area contributed by atoms with Gasteiger partial charge in [-0.3, -0.25) is 0 Å². The Morgan fingerprint density at radius 1 is 0.875 bits per heavy atom. The number of aromatic nitrogens is 1. The molecule has 0 saturated heterocycles. The Hall–Kier alpha value is -3.02. The summed E-state index contributed by atoms with van der Waals surface area (Å²) >= 11 is 0. The number of benzene rings is 2. The van der Waals surface area contributed by atoms with Crippen LogP contribution in [-0.4, -0.2) is 4.98 Å². The quantitative estimate of drug-likeness (QED) is 0.468. The average molecular weight is 329 g/mol. The van der Waals surface area contributed by atoms with Crippen LogP contribution in [0.2, 0.25) is 0 Å². The van der Waals surface area contributed by atoms with Gasteiger partial charge in [0, 0.05) is 11.1 Å². The zero-order chi connectivity index (χ0) is 16.7. The van der Waals surface area contributed by atoms with Crippen LogP contribution in [0.1, 0.15) is 5.56 Å². The van der Waals surface area contributed by atoms with Crippen molar-refractivity contribution in [3.63, 3.8) is 0 Å². The molecule has 0 aliphatic rings. The highest BCUT2D eigenvalue weighted by molar-refractivity contribution is 5.81. The van der Waals surface area contributed by atoms with Crippen LogP contribution >= 0.6 is 0 Å². The van der Waals surface area contributed by atoms with E-state index in [-0.39, 0.29) is 11.5 Å². The number of furan rings is 1. The largest absolute Gasteiger partial charge is 0.464 e. The molecule has 0 aliphatic carbocycles. The average Bonchev–Trinajstić information content (AvgIpc) is 3.23. The predicted octanol–water partition coefficient (Wildman–Crippen LogP) is 5.77. The molecular weight excluding hydrogens is 319 g/mol. The van der Waals surface area contributed by atoms with Gasteiger partial charge in [-0.25, -0.2) is 4.98 Å². The molecule has 0 bridgehead atoms. The molecular formula is C18H10F3NO2. The minimum Gasteiger partial charge on any atom is -0.464 e. The Bertz CT molecular complexity index is 1000. The van der Waals surface area contributed by atoms with E-state index in [4.69, 9.17) is 8.83 Å². The number of alkyl halides is 3. The fraction of sp³-hybridized carbons (Fsp3) is 0.0556. The lowest BCUT2D eigenvalue weighted by Gasteiger charge is -2.06. The molecule has 2 aromatic carbocycles. The molecule has 2 heterocycles. The maximum atomic E-state index is 12.8. The van der Waals surface area contributed by atoms with E-state index in [0.717, 1.165) is 17.7 Å². The van der Waals surface area contributed by atoms with Crippen LogP contribution in [-0.2, 0) is 6.18 Å². The number of fused-ring (bicyclic) bond motifs is 1. The summed E-state index contributed by atoms with van der Waals surface area (Å²) in [4.78, 5) is 4.26. The first-order valence-electron chi connectivity index (χ1n) is 7.13. The van der Waals surface area contributed by atoms with Gasteiger partial charge in [0.2, 0.25) is 5.89 Å². The normalized spacial score (nSPS) is 12.0. The summed E-state index contributed by atoms with van der Waals surface area (Å²) in [6.07, 6.45) is -2.84. The molecule has 2 aromatic heterocycles. The van der Waals surface area contributed by atoms with Gasteiger partial charge < -0.3 is 8.83 Å². The van der Waals surface area contributed by atoms with Crippen LogP contribution in [0.3, 0.4) is 0 Å². The van der Waals surface area contributed by atoms with Crippen molar-refractivity contribution in [2.45, 2.75) is 6.18 Å². The smallest absolute Gasteiger partial charge is 0.416 e. The Morgan fingerprint density at radius 3 is 2.50 bits per heavy atom. The van der Waals surface area contributed by atoms with Gasteiger partial charge in [-0.05, 0) is 48.5 Å². The Morgan fingerprint density at radius 2 is 1.75 bits per heavy atom. The number of oxazole rings is 1. The van der Waals surface area contributed by atoms with Gasteiger partial charge in [0.25, 0.3) is 0 Å². The molecule has 4 rings (SSSR count). The van der Waals surface area contributed by atoms with Crippen molar-refractivity contribution in [1.82, 2.24) is 4.98 Å². The van der Waals surface area contributed by atoms with E-state index in [0.29, 0.717) is 16.9 Å². The summed E-state index contributed by atoms with van der Waals surface area (Å²) in [7, 11) is 0. The first kappa shape index (κ1) is 14.6. The first-order chi connectivity index (χ1) is 11.5. The van der Waals surface area contributed by atoms with Crippen LogP contribution in [0.5, 0.6) is 0 Å². The van der Waals surface area contributed by atoms with Crippen LogP contribution in [0.4, 0.5) is 13.2 Å². The van der Waals surface area contributed by atoms with Gasteiger partial charge in [0.1, 0.15) is 11.3 Å². The molecule has 0 radical (unpaired) electrons. The summed E-state index contributed by atoms with van der Waals surface area (Å²) in [5.74, 6) is 0.821. The SMILES string of the molecule is FC(F)(F)c1cccc(-c2nc3ccc(-c4ccco4)cc3o2)c1. The summed E-state index contributed by atoms with van der Waals surface area (Å²) in [6, 6.07) is 13.8. The number of halogens is 3. The molecule has 6 heteroatoms. The van der Waals surface area contributed by atoms with Gasteiger partial charge in [0.15, 0.2) is 5.58 Å². The minimum atomic E-state index is -4.41. The van der Waals surface area contributed by atoms with E-state index in [2.05, 4.69) is 4.98 Å². The molecule has 120 valence electrons. The van der Waals surface area contributed by atoms with Crippen molar-refractivity contribution in [3.8, 4) is 22.8 Å². The van der Waals surface area contributed by atoms with Crippen molar-refractivity contribution in [2.24, 2.45) is 0 Å². The van der Waals surface area contributed by atoms with E-state index < -0.39 is 11.7 Å². The molecule has 0 atom stereocenters. The second-order valence-corrected chi connectivity index (χ2v) is 5.26. The van der Waals surface area contributed by atoms with Crippen molar-refractivity contribution in [3.05, 3.63) is 66.4 Å². The molecule has 0 aliphatic heterocycles. The lowest BCUT2D eigenvalue weighted by molar-refractivity contribution is -0.137. The van der Waals surface area contributed by atoms with Crippen molar-refractivity contribution >= 4 is 11.1 Å². The monoisotopic (exact) mass is 329 g/mol. The lowest BCUT2D eigenvalue weighted by Crippen LogP contribution is -2.04. The summed E-state index contributed by atoms with van der Waals surface area (Å²) in [6.45, 7) is 0. The van der Waals surface area contributed by atoms with Crippen molar-refractivity contribution in [1.29, 1.82) is 0 Å². The molecule has 4 aromatic rings. The Labute approximate surface area is 134 Å². The van der Waals surface area contributed by atoms with Crippen LogP contribution < -0.4 is 0 Å². The fourth-order valence-corrected chi connectivity index (χ4v) is 2.47. The highest BCUT2D eigenvalue weighted by atomic mass is 19.4. The number of nitrogens with zero attached hydrogens (tertiary/aromatic N) is 1. The van der Waals surface area contributed by atoms with Gasteiger partial charge in [-0.2, -0.15) is 13.2 Å². The summed E-state index contributed by atoms with van der Waals surface area (Å²) < 4.78 is 49.5. The zero-order valence-electron chi connectivity index (χ0n) is 12.2. The maximum absolute atomic E-state index is 12.8. The summed E-state index contributed by atoms with van der Waals surface area (Å²) in [5.41, 5.74) is 1.40. The minimum absolute atomic E-state index is 0.146. The van der Waals surface area contributed by atoms with Crippen molar-refractivity contribution < 1.29 is 22.0 Å². The third-order valence-corrected chi connectivity index (χ3v) is 3.63. The van der Waals surface area contributed by atoms with E-state index >= 15 is 0 Å². The topological polar surface area (TPSA) is 39.2 Å². The second-order valence-electron chi connectivity index (χ2n) is 5.26. The molecule has 0 N–H and O–H groups in total. The molecule has 0 amide bonds. The third kappa shape index (κ3) is 2.56.